The van der Waals surface area contributed by atoms with Gasteiger partial charge in [-0.3, -0.25) is 0 Å². The van der Waals surface area contributed by atoms with Gasteiger partial charge in [0.2, 0.25) is 10.0 Å². The molecule has 96 valence electrons. The number of halogens is 1. The van der Waals surface area contributed by atoms with E-state index in [9.17, 15) is 13.5 Å². The quantitative estimate of drug-likeness (QED) is 0.838. The van der Waals surface area contributed by atoms with Crippen LogP contribution in [-0.2, 0) is 10.0 Å². The van der Waals surface area contributed by atoms with Crippen molar-refractivity contribution in [2.24, 2.45) is 0 Å². The van der Waals surface area contributed by atoms with Crippen LogP contribution in [0.3, 0.4) is 0 Å². The van der Waals surface area contributed by atoms with Crippen molar-refractivity contribution in [3.63, 3.8) is 0 Å². The summed E-state index contributed by atoms with van der Waals surface area (Å²) < 4.78 is 25.6. The molecule has 17 heavy (non-hydrogen) atoms. The van der Waals surface area contributed by atoms with E-state index in [1.54, 1.807) is 13.8 Å². The Bertz CT molecular complexity index is 502. The lowest BCUT2D eigenvalue weighted by atomic mass is 10.1. The molecule has 1 N–H and O–H groups in total. The first-order chi connectivity index (χ1) is 7.71. The predicted octanol–water partition coefficient (Wildman–Crippen LogP) is 1.13. The third kappa shape index (κ3) is 2.95. The van der Waals surface area contributed by atoms with Crippen LogP contribution in [0.1, 0.15) is 13.8 Å². The van der Waals surface area contributed by atoms with Crippen molar-refractivity contribution in [1.82, 2.24) is 9.29 Å². The van der Waals surface area contributed by atoms with Gasteiger partial charge < -0.3 is 5.11 Å². The second kappa shape index (κ2) is 4.89. The van der Waals surface area contributed by atoms with Crippen LogP contribution in [0.2, 0.25) is 5.15 Å². The Labute approximate surface area is 106 Å². The third-order valence-electron chi connectivity index (χ3n) is 2.60. The Balaban J connectivity index is 3.21. The van der Waals surface area contributed by atoms with Crippen LogP contribution in [-0.4, -0.2) is 42.0 Å². The first-order valence-electron chi connectivity index (χ1n) is 4.93. The van der Waals surface area contributed by atoms with E-state index in [-0.39, 0.29) is 16.7 Å². The zero-order chi connectivity index (χ0) is 13.3. The largest absolute Gasteiger partial charge is 0.394 e. The van der Waals surface area contributed by atoms with Gasteiger partial charge in [0, 0.05) is 13.2 Å². The molecule has 1 aromatic rings. The van der Waals surface area contributed by atoms with Gasteiger partial charge in [0.15, 0.2) is 0 Å². The van der Waals surface area contributed by atoms with Gasteiger partial charge in [0.1, 0.15) is 5.15 Å². The van der Waals surface area contributed by atoms with Crippen LogP contribution in [0.4, 0.5) is 0 Å². The molecule has 0 fully saturated rings. The van der Waals surface area contributed by atoms with E-state index >= 15 is 0 Å². The first-order valence-corrected chi connectivity index (χ1v) is 6.75. The van der Waals surface area contributed by atoms with Crippen LogP contribution < -0.4 is 0 Å². The van der Waals surface area contributed by atoms with Crippen LogP contribution in [0.5, 0.6) is 0 Å². The maximum absolute atomic E-state index is 12.2. The number of hydrogen-bond donors (Lipinski definition) is 1. The van der Waals surface area contributed by atoms with Gasteiger partial charge in [0.25, 0.3) is 0 Å². The normalized spacial score (nSPS) is 13.1. The molecule has 5 nitrogen and oxygen atoms in total. The molecule has 0 unspecified atom stereocenters. The average molecular weight is 279 g/mol. The van der Waals surface area contributed by atoms with Gasteiger partial charge in [-0.15, -0.1) is 0 Å². The maximum atomic E-state index is 12.2. The zero-order valence-electron chi connectivity index (χ0n) is 9.88. The summed E-state index contributed by atoms with van der Waals surface area (Å²) in [5, 5.41) is 9.30. The van der Waals surface area contributed by atoms with E-state index in [0.717, 1.165) is 4.31 Å². The monoisotopic (exact) mass is 278 g/mol. The van der Waals surface area contributed by atoms with Crippen LogP contribution in [0.15, 0.2) is 23.2 Å². The molecular weight excluding hydrogens is 264 g/mol. The van der Waals surface area contributed by atoms with Gasteiger partial charge in [-0.05, 0) is 26.0 Å². The molecule has 0 saturated heterocycles. The van der Waals surface area contributed by atoms with Gasteiger partial charge in [0.05, 0.1) is 17.0 Å². The molecule has 0 aliphatic heterocycles. The minimum Gasteiger partial charge on any atom is -0.394 e. The van der Waals surface area contributed by atoms with Crippen LogP contribution >= 0.6 is 11.6 Å². The molecule has 0 spiro atoms. The minimum atomic E-state index is -3.68. The molecule has 0 aromatic carbocycles. The number of hydrogen-bond acceptors (Lipinski definition) is 4. The molecule has 0 atom stereocenters. The van der Waals surface area contributed by atoms with Crippen molar-refractivity contribution >= 4 is 21.6 Å². The van der Waals surface area contributed by atoms with E-state index in [2.05, 4.69) is 4.98 Å². The number of aliphatic hydroxyl groups is 1. The lowest BCUT2D eigenvalue weighted by molar-refractivity contribution is 0.138. The van der Waals surface area contributed by atoms with Crippen molar-refractivity contribution < 1.29 is 13.5 Å². The second-order valence-corrected chi connectivity index (χ2v) is 6.61. The Hall–Kier alpha value is -0.690. The van der Waals surface area contributed by atoms with E-state index in [0.29, 0.717) is 0 Å². The molecule has 0 aliphatic rings. The zero-order valence-corrected chi connectivity index (χ0v) is 11.5. The summed E-state index contributed by atoms with van der Waals surface area (Å²) in [5.74, 6) is 0. The number of nitrogens with zero attached hydrogens (tertiary/aromatic N) is 2. The molecule has 0 radical (unpaired) electrons. The molecule has 0 bridgehead atoms. The van der Waals surface area contributed by atoms with Crippen molar-refractivity contribution in [3.8, 4) is 0 Å². The molecule has 0 aliphatic carbocycles. The number of pyridine rings is 1. The molecule has 1 heterocycles. The van der Waals surface area contributed by atoms with Crippen molar-refractivity contribution in [2.45, 2.75) is 24.3 Å². The van der Waals surface area contributed by atoms with E-state index in [4.69, 9.17) is 11.6 Å². The summed E-state index contributed by atoms with van der Waals surface area (Å²) in [6.07, 6.45) is 1.33. The highest BCUT2D eigenvalue weighted by Crippen LogP contribution is 2.23. The van der Waals surface area contributed by atoms with E-state index in [1.165, 1.54) is 25.4 Å². The predicted molar refractivity (Wildman–Crippen MR) is 65.4 cm³/mol. The molecule has 1 rings (SSSR count). The highest BCUT2D eigenvalue weighted by atomic mass is 35.5. The fourth-order valence-electron chi connectivity index (χ4n) is 1.13. The van der Waals surface area contributed by atoms with Crippen LogP contribution in [0.25, 0.3) is 0 Å². The summed E-state index contributed by atoms with van der Waals surface area (Å²) in [4.78, 5) is 3.79. The SMILES string of the molecule is CN(C(C)(C)CO)S(=O)(=O)c1ccnc(Cl)c1. The lowest BCUT2D eigenvalue weighted by Crippen LogP contribution is -2.47. The summed E-state index contributed by atoms with van der Waals surface area (Å²) >= 11 is 5.66. The minimum absolute atomic E-state index is 0.0570. The van der Waals surface area contributed by atoms with Gasteiger partial charge in [-0.2, -0.15) is 4.31 Å². The fourth-order valence-corrected chi connectivity index (χ4v) is 2.88. The smallest absolute Gasteiger partial charge is 0.243 e. The molecule has 0 saturated carbocycles. The molecule has 0 amide bonds. The number of aliphatic hydroxyl groups excluding tert-OH is 1. The van der Waals surface area contributed by atoms with Crippen molar-refractivity contribution in [1.29, 1.82) is 0 Å². The van der Waals surface area contributed by atoms with Gasteiger partial charge >= 0.3 is 0 Å². The standard InChI is InChI=1S/C10H15ClN2O3S/c1-10(2,7-14)13(3)17(15,16)8-4-5-12-9(11)6-8/h4-6,14H,7H2,1-3H3. The second-order valence-electron chi connectivity index (χ2n) is 4.26. The topological polar surface area (TPSA) is 70.5 Å². The van der Waals surface area contributed by atoms with Crippen LogP contribution in [0, 0.1) is 0 Å². The number of rotatable bonds is 4. The Kier molecular flexibility index (Phi) is 4.14. The Morgan fingerprint density at radius 1 is 1.53 bits per heavy atom. The maximum Gasteiger partial charge on any atom is 0.243 e. The van der Waals surface area contributed by atoms with Gasteiger partial charge in [-0.25, -0.2) is 13.4 Å². The average Bonchev–Trinajstić information content (AvgIpc) is 2.28. The number of likely N-dealkylation sites (N-methyl/N-ethyl adjacent to an activating group) is 1. The van der Waals surface area contributed by atoms with Crippen molar-refractivity contribution in [3.05, 3.63) is 23.5 Å². The lowest BCUT2D eigenvalue weighted by Gasteiger charge is -2.32. The Morgan fingerprint density at radius 3 is 2.59 bits per heavy atom. The summed E-state index contributed by atoms with van der Waals surface area (Å²) in [6, 6.07) is 2.64. The summed E-state index contributed by atoms with van der Waals surface area (Å²) in [5.41, 5.74) is -0.880. The number of sulfonamides is 1. The van der Waals surface area contributed by atoms with Crippen molar-refractivity contribution in [2.75, 3.05) is 13.7 Å². The summed E-state index contributed by atoms with van der Waals surface area (Å²) in [7, 11) is -2.27. The highest BCUT2D eigenvalue weighted by molar-refractivity contribution is 7.89. The fraction of sp³-hybridized carbons (Fsp3) is 0.500. The summed E-state index contributed by atoms with van der Waals surface area (Å²) in [6.45, 7) is 2.99. The first kappa shape index (κ1) is 14.4. The molecule has 7 heteroatoms. The van der Waals surface area contributed by atoms with Gasteiger partial charge in [-0.1, -0.05) is 11.6 Å². The number of aromatic nitrogens is 1. The molecular formula is C10H15ClN2O3S. The Morgan fingerprint density at radius 2 is 2.12 bits per heavy atom. The van der Waals surface area contributed by atoms with E-state index < -0.39 is 15.6 Å². The third-order valence-corrected chi connectivity index (χ3v) is 4.87. The highest BCUT2D eigenvalue weighted by Gasteiger charge is 2.33. The van der Waals surface area contributed by atoms with E-state index in [1.807, 2.05) is 0 Å². The molecule has 1 aromatic heterocycles.